The van der Waals surface area contributed by atoms with E-state index in [-0.39, 0.29) is 35.0 Å². The predicted molar refractivity (Wildman–Crippen MR) is 67.2 cm³/mol. The molecule has 7 heteroatoms. The number of carbonyl (C=O) groups is 2. The monoisotopic (exact) mass is 268 g/mol. The molecule has 1 saturated carbocycles. The Kier molecular flexibility index (Phi) is 3.66. The van der Waals surface area contributed by atoms with Crippen molar-refractivity contribution in [1.29, 1.82) is 0 Å². The number of nitrogens with zero attached hydrogens (tertiary/aromatic N) is 1. The highest BCUT2D eigenvalue weighted by Crippen LogP contribution is 2.18. The Hall–Kier alpha value is -1.82. The molecule has 96 valence electrons. The third-order valence-electron chi connectivity index (χ3n) is 2.43. The summed E-state index contributed by atoms with van der Waals surface area (Å²) < 4.78 is 0. The van der Waals surface area contributed by atoms with E-state index in [2.05, 4.69) is 15.6 Å². The van der Waals surface area contributed by atoms with Crippen molar-refractivity contribution in [3.8, 4) is 0 Å². The highest BCUT2D eigenvalue weighted by atomic mass is 35.5. The van der Waals surface area contributed by atoms with Gasteiger partial charge in [-0.25, -0.2) is 4.98 Å². The van der Waals surface area contributed by atoms with Crippen molar-refractivity contribution in [2.75, 3.05) is 12.3 Å². The molecule has 4 N–H and O–H groups in total. The van der Waals surface area contributed by atoms with Crippen LogP contribution in [-0.4, -0.2) is 29.4 Å². The number of halogens is 1. The van der Waals surface area contributed by atoms with Crippen LogP contribution >= 0.6 is 11.6 Å². The summed E-state index contributed by atoms with van der Waals surface area (Å²) in [5.41, 5.74) is 5.49. The standard InChI is InChI=1S/C11H13ClN4O2/c12-7-3-4-8(13)16-10(7)11(18)14-5-9(17)15-6-1-2-6/h3-4,6H,1-2,5H2,(H2,13,16)(H,14,18)(H,15,17). The quantitative estimate of drug-likeness (QED) is 0.733. The molecule has 2 rings (SSSR count). The van der Waals surface area contributed by atoms with Crippen molar-refractivity contribution in [1.82, 2.24) is 15.6 Å². The Morgan fingerprint density at radius 2 is 2.17 bits per heavy atom. The third kappa shape index (κ3) is 3.33. The van der Waals surface area contributed by atoms with Gasteiger partial charge < -0.3 is 16.4 Å². The minimum absolute atomic E-state index is 0.0240. The van der Waals surface area contributed by atoms with Crippen LogP contribution in [0.2, 0.25) is 5.02 Å². The van der Waals surface area contributed by atoms with Gasteiger partial charge in [-0.05, 0) is 25.0 Å². The molecule has 1 aromatic heterocycles. The van der Waals surface area contributed by atoms with Crippen LogP contribution in [0.3, 0.4) is 0 Å². The summed E-state index contributed by atoms with van der Waals surface area (Å²) in [5.74, 6) is -0.531. The number of nitrogens with two attached hydrogens (primary N) is 1. The van der Waals surface area contributed by atoms with Gasteiger partial charge in [-0.15, -0.1) is 0 Å². The Bertz CT molecular complexity index is 488. The van der Waals surface area contributed by atoms with Crippen molar-refractivity contribution < 1.29 is 9.59 Å². The molecule has 1 aliphatic carbocycles. The molecular weight excluding hydrogens is 256 g/mol. The number of hydrogen-bond donors (Lipinski definition) is 3. The number of hydrogen-bond acceptors (Lipinski definition) is 4. The fourth-order valence-corrected chi connectivity index (χ4v) is 1.56. The van der Waals surface area contributed by atoms with Crippen molar-refractivity contribution in [2.45, 2.75) is 18.9 Å². The second-order valence-electron chi connectivity index (χ2n) is 4.09. The molecule has 0 spiro atoms. The highest BCUT2D eigenvalue weighted by molar-refractivity contribution is 6.33. The summed E-state index contributed by atoms with van der Waals surface area (Å²) in [4.78, 5) is 26.9. The summed E-state index contributed by atoms with van der Waals surface area (Å²) in [7, 11) is 0. The smallest absolute Gasteiger partial charge is 0.271 e. The molecule has 18 heavy (non-hydrogen) atoms. The Morgan fingerprint density at radius 3 is 2.83 bits per heavy atom. The van der Waals surface area contributed by atoms with Gasteiger partial charge in [-0.2, -0.15) is 0 Å². The van der Waals surface area contributed by atoms with Gasteiger partial charge in [0.15, 0.2) is 0 Å². The van der Waals surface area contributed by atoms with Gasteiger partial charge in [0.25, 0.3) is 5.91 Å². The average molecular weight is 269 g/mol. The van der Waals surface area contributed by atoms with E-state index in [9.17, 15) is 9.59 Å². The zero-order valence-electron chi connectivity index (χ0n) is 9.57. The summed E-state index contributed by atoms with van der Waals surface area (Å²) >= 11 is 5.82. The van der Waals surface area contributed by atoms with Crippen molar-refractivity contribution in [3.05, 3.63) is 22.8 Å². The van der Waals surface area contributed by atoms with Gasteiger partial charge in [0, 0.05) is 6.04 Å². The predicted octanol–water partition coefficient (Wildman–Crippen LogP) is 0.326. The van der Waals surface area contributed by atoms with Gasteiger partial charge in [-0.1, -0.05) is 11.6 Å². The van der Waals surface area contributed by atoms with Gasteiger partial charge in [0.05, 0.1) is 11.6 Å². The molecule has 0 saturated heterocycles. The molecule has 6 nitrogen and oxygen atoms in total. The number of aromatic nitrogens is 1. The van der Waals surface area contributed by atoms with Crippen LogP contribution in [0.5, 0.6) is 0 Å². The summed E-state index contributed by atoms with van der Waals surface area (Å²) in [6.45, 7) is -0.0951. The number of carbonyl (C=O) groups excluding carboxylic acids is 2. The Balaban J connectivity index is 1.90. The number of nitrogens with one attached hydrogen (secondary N) is 2. The first-order valence-electron chi connectivity index (χ1n) is 5.56. The van der Waals surface area contributed by atoms with Crippen molar-refractivity contribution in [2.24, 2.45) is 0 Å². The van der Waals surface area contributed by atoms with Crippen LogP contribution in [0, 0.1) is 0 Å². The van der Waals surface area contributed by atoms with E-state index in [1.165, 1.54) is 12.1 Å². The van der Waals surface area contributed by atoms with Crippen LogP contribution < -0.4 is 16.4 Å². The second kappa shape index (κ2) is 5.22. The van der Waals surface area contributed by atoms with Crippen molar-refractivity contribution >= 4 is 29.2 Å². The zero-order chi connectivity index (χ0) is 13.1. The van der Waals surface area contributed by atoms with Gasteiger partial charge in [0.2, 0.25) is 5.91 Å². The zero-order valence-corrected chi connectivity index (χ0v) is 10.3. The molecule has 1 fully saturated rings. The molecule has 1 heterocycles. The first-order valence-corrected chi connectivity index (χ1v) is 5.93. The summed E-state index contributed by atoms with van der Waals surface area (Å²) in [5, 5.41) is 5.40. The average Bonchev–Trinajstić information content (AvgIpc) is 3.13. The number of anilines is 1. The Morgan fingerprint density at radius 1 is 1.44 bits per heavy atom. The molecule has 0 unspecified atom stereocenters. The number of amides is 2. The fraction of sp³-hybridized carbons (Fsp3) is 0.364. The van der Waals surface area contributed by atoms with E-state index in [0.29, 0.717) is 0 Å². The van der Waals surface area contributed by atoms with Gasteiger partial charge >= 0.3 is 0 Å². The molecule has 0 atom stereocenters. The maximum absolute atomic E-state index is 11.7. The molecular formula is C11H13ClN4O2. The molecule has 1 aliphatic rings. The number of nitrogen functional groups attached to an aromatic ring is 1. The molecule has 0 bridgehead atoms. The molecule has 0 radical (unpaired) electrons. The van der Waals surface area contributed by atoms with E-state index in [1.54, 1.807) is 0 Å². The van der Waals surface area contributed by atoms with Gasteiger partial charge in [-0.3, -0.25) is 9.59 Å². The van der Waals surface area contributed by atoms with E-state index < -0.39 is 5.91 Å². The molecule has 0 aromatic carbocycles. The highest BCUT2D eigenvalue weighted by Gasteiger charge is 2.23. The number of rotatable bonds is 4. The minimum Gasteiger partial charge on any atom is -0.384 e. The van der Waals surface area contributed by atoms with E-state index in [1.807, 2.05) is 0 Å². The van der Waals surface area contributed by atoms with Crippen LogP contribution in [0.1, 0.15) is 23.3 Å². The topological polar surface area (TPSA) is 97.1 Å². The largest absolute Gasteiger partial charge is 0.384 e. The fourth-order valence-electron chi connectivity index (χ4n) is 1.37. The lowest BCUT2D eigenvalue weighted by molar-refractivity contribution is -0.120. The maximum Gasteiger partial charge on any atom is 0.271 e. The molecule has 0 aliphatic heterocycles. The first kappa shape index (κ1) is 12.6. The Labute approximate surface area is 109 Å². The van der Waals surface area contributed by atoms with E-state index in [4.69, 9.17) is 17.3 Å². The lowest BCUT2D eigenvalue weighted by Gasteiger charge is -2.07. The van der Waals surface area contributed by atoms with Crippen LogP contribution in [0.4, 0.5) is 5.82 Å². The third-order valence-corrected chi connectivity index (χ3v) is 2.74. The first-order chi connectivity index (χ1) is 8.56. The normalized spacial score (nSPS) is 14.1. The molecule has 2 amide bonds. The maximum atomic E-state index is 11.7. The second-order valence-corrected chi connectivity index (χ2v) is 4.50. The van der Waals surface area contributed by atoms with Crippen LogP contribution in [0.25, 0.3) is 0 Å². The minimum atomic E-state index is -0.516. The lowest BCUT2D eigenvalue weighted by atomic mass is 10.3. The summed E-state index contributed by atoms with van der Waals surface area (Å²) in [6, 6.07) is 3.26. The van der Waals surface area contributed by atoms with Gasteiger partial charge in [0.1, 0.15) is 11.5 Å². The van der Waals surface area contributed by atoms with Crippen LogP contribution in [-0.2, 0) is 4.79 Å². The van der Waals surface area contributed by atoms with Crippen molar-refractivity contribution in [3.63, 3.8) is 0 Å². The number of pyridine rings is 1. The molecule has 1 aromatic rings. The van der Waals surface area contributed by atoms with E-state index >= 15 is 0 Å². The SMILES string of the molecule is Nc1ccc(Cl)c(C(=O)NCC(=O)NC2CC2)n1. The summed E-state index contributed by atoms with van der Waals surface area (Å²) in [6.07, 6.45) is 2.00. The van der Waals surface area contributed by atoms with E-state index in [0.717, 1.165) is 12.8 Å². The van der Waals surface area contributed by atoms with Crippen LogP contribution in [0.15, 0.2) is 12.1 Å². The lowest BCUT2D eigenvalue weighted by Crippen LogP contribution is -2.38.